The minimum atomic E-state index is 0.0392. The van der Waals surface area contributed by atoms with Crippen molar-refractivity contribution in [1.82, 2.24) is 0 Å². The van der Waals surface area contributed by atoms with Gasteiger partial charge in [-0.15, -0.1) is 11.6 Å². The van der Waals surface area contributed by atoms with Gasteiger partial charge >= 0.3 is 0 Å². The molecule has 2 nitrogen and oxygen atoms in total. The van der Waals surface area contributed by atoms with E-state index in [4.69, 9.17) is 21.1 Å². The van der Waals surface area contributed by atoms with Gasteiger partial charge in [0.05, 0.1) is 18.8 Å². The molecule has 0 aliphatic carbocycles. The van der Waals surface area contributed by atoms with Crippen LogP contribution in [0.15, 0.2) is 24.3 Å². The van der Waals surface area contributed by atoms with Crippen molar-refractivity contribution in [2.45, 2.75) is 51.2 Å². The van der Waals surface area contributed by atoms with Crippen molar-refractivity contribution in [2.24, 2.45) is 5.92 Å². The third-order valence-corrected chi connectivity index (χ3v) is 4.46. The zero-order chi connectivity index (χ0) is 14.6. The van der Waals surface area contributed by atoms with Crippen molar-refractivity contribution in [3.05, 3.63) is 29.8 Å². The van der Waals surface area contributed by atoms with Crippen LogP contribution in [0.2, 0.25) is 0 Å². The zero-order valence-electron chi connectivity index (χ0n) is 12.7. The van der Waals surface area contributed by atoms with Crippen molar-refractivity contribution < 1.29 is 9.47 Å². The molecular weight excluding hydrogens is 272 g/mol. The number of ether oxygens (including phenoxy) is 2. The largest absolute Gasteiger partial charge is 0.497 e. The average molecular weight is 297 g/mol. The summed E-state index contributed by atoms with van der Waals surface area (Å²) < 4.78 is 11.4. The fourth-order valence-corrected chi connectivity index (χ4v) is 3.18. The molecule has 20 heavy (non-hydrogen) atoms. The summed E-state index contributed by atoms with van der Waals surface area (Å²) in [6.45, 7) is 4.34. The maximum atomic E-state index is 6.15. The summed E-state index contributed by atoms with van der Waals surface area (Å²) in [6.07, 6.45) is 4.69. The molecule has 1 saturated heterocycles. The van der Waals surface area contributed by atoms with Gasteiger partial charge < -0.3 is 9.47 Å². The molecule has 0 saturated carbocycles. The van der Waals surface area contributed by atoms with Crippen LogP contribution < -0.4 is 4.74 Å². The summed E-state index contributed by atoms with van der Waals surface area (Å²) in [5, 5.41) is 0. The molecule has 1 fully saturated rings. The molecule has 1 aromatic rings. The predicted octanol–water partition coefficient (Wildman–Crippen LogP) is 4.44. The monoisotopic (exact) mass is 296 g/mol. The molecule has 1 aliphatic heterocycles. The van der Waals surface area contributed by atoms with Crippen LogP contribution in [0.25, 0.3) is 0 Å². The first-order chi connectivity index (χ1) is 9.52. The molecule has 0 radical (unpaired) electrons. The maximum Gasteiger partial charge on any atom is 0.119 e. The first-order valence-corrected chi connectivity index (χ1v) is 7.92. The molecule has 3 heteroatoms. The Kier molecular flexibility index (Phi) is 5.34. The zero-order valence-corrected chi connectivity index (χ0v) is 13.5. The number of rotatable bonds is 6. The van der Waals surface area contributed by atoms with Crippen molar-refractivity contribution >= 4 is 11.6 Å². The first-order valence-electron chi connectivity index (χ1n) is 7.39. The molecule has 0 amide bonds. The molecule has 1 aromatic carbocycles. The quantitative estimate of drug-likeness (QED) is 0.723. The second-order valence-corrected chi connectivity index (χ2v) is 6.66. The Hall–Kier alpha value is -0.730. The van der Waals surface area contributed by atoms with E-state index in [9.17, 15) is 0 Å². The number of alkyl halides is 1. The van der Waals surface area contributed by atoms with Gasteiger partial charge in [-0.3, -0.25) is 0 Å². The van der Waals surface area contributed by atoms with Crippen molar-refractivity contribution in [1.29, 1.82) is 0 Å². The molecule has 0 bridgehead atoms. The Bertz CT molecular complexity index is 431. The topological polar surface area (TPSA) is 18.5 Å². The molecule has 2 atom stereocenters. The minimum absolute atomic E-state index is 0.0392. The van der Waals surface area contributed by atoms with Crippen LogP contribution in [-0.2, 0) is 11.2 Å². The van der Waals surface area contributed by atoms with Crippen LogP contribution in [0.5, 0.6) is 5.75 Å². The van der Waals surface area contributed by atoms with E-state index in [1.807, 2.05) is 12.1 Å². The van der Waals surface area contributed by atoms with Crippen molar-refractivity contribution in [2.75, 3.05) is 13.0 Å². The number of methoxy groups -OCH3 is 1. The van der Waals surface area contributed by atoms with Gasteiger partial charge in [-0.2, -0.15) is 0 Å². The summed E-state index contributed by atoms with van der Waals surface area (Å²) in [7, 11) is 1.70. The number of hydrogen-bond donors (Lipinski definition) is 0. The second kappa shape index (κ2) is 6.82. The van der Waals surface area contributed by atoms with E-state index in [1.165, 1.54) is 5.56 Å². The Morgan fingerprint density at radius 1 is 1.45 bits per heavy atom. The Morgan fingerprint density at radius 3 is 2.85 bits per heavy atom. The molecule has 2 rings (SSSR count). The summed E-state index contributed by atoms with van der Waals surface area (Å²) >= 11 is 6.15. The van der Waals surface area contributed by atoms with E-state index >= 15 is 0 Å². The van der Waals surface area contributed by atoms with Gasteiger partial charge in [0.25, 0.3) is 0 Å². The van der Waals surface area contributed by atoms with Gasteiger partial charge in [-0.1, -0.05) is 12.1 Å². The van der Waals surface area contributed by atoms with Crippen LogP contribution in [0.1, 0.15) is 38.7 Å². The minimum Gasteiger partial charge on any atom is -0.497 e. The molecule has 0 aromatic heterocycles. The molecule has 2 unspecified atom stereocenters. The van der Waals surface area contributed by atoms with Gasteiger partial charge in [-0.25, -0.2) is 0 Å². The predicted molar refractivity (Wildman–Crippen MR) is 83.7 cm³/mol. The van der Waals surface area contributed by atoms with Gasteiger partial charge in [0.15, 0.2) is 0 Å². The standard InChI is InChI=1S/C17H25ClO2/c1-17(2)8-7-16(20-17)11-14(12-18)9-13-5-4-6-15(10-13)19-3/h4-6,10,14,16H,7-9,11-12H2,1-3H3. The van der Waals surface area contributed by atoms with E-state index < -0.39 is 0 Å². The van der Waals surface area contributed by atoms with Gasteiger partial charge in [0, 0.05) is 5.88 Å². The first kappa shape index (κ1) is 15.7. The summed E-state index contributed by atoms with van der Waals surface area (Å²) in [5.74, 6) is 2.05. The molecule has 1 aliphatic rings. The lowest BCUT2D eigenvalue weighted by Gasteiger charge is -2.22. The van der Waals surface area contributed by atoms with E-state index in [0.717, 1.165) is 31.4 Å². The van der Waals surface area contributed by atoms with E-state index in [0.29, 0.717) is 17.9 Å². The number of halogens is 1. The van der Waals surface area contributed by atoms with Crippen LogP contribution >= 0.6 is 11.6 Å². The summed E-state index contributed by atoms with van der Waals surface area (Å²) in [4.78, 5) is 0. The Balaban J connectivity index is 1.92. The van der Waals surface area contributed by atoms with Crippen LogP contribution in [-0.4, -0.2) is 24.7 Å². The van der Waals surface area contributed by atoms with Crippen LogP contribution in [0, 0.1) is 5.92 Å². The van der Waals surface area contributed by atoms with Crippen molar-refractivity contribution in [3.8, 4) is 5.75 Å². The fourth-order valence-electron chi connectivity index (χ4n) is 2.95. The highest BCUT2D eigenvalue weighted by Crippen LogP contribution is 2.33. The SMILES string of the molecule is COc1cccc(CC(CCl)CC2CCC(C)(C)O2)c1. The molecule has 0 N–H and O–H groups in total. The molecule has 1 heterocycles. The van der Waals surface area contributed by atoms with Gasteiger partial charge in [0.1, 0.15) is 5.75 Å². The normalized spacial score (nSPS) is 22.7. The maximum absolute atomic E-state index is 6.15. The molecular formula is C17H25ClO2. The van der Waals surface area contributed by atoms with E-state index in [2.05, 4.69) is 26.0 Å². The Morgan fingerprint density at radius 2 is 2.25 bits per heavy atom. The summed E-state index contributed by atoms with van der Waals surface area (Å²) in [6, 6.07) is 8.25. The van der Waals surface area contributed by atoms with Crippen LogP contribution in [0.3, 0.4) is 0 Å². The highest BCUT2D eigenvalue weighted by molar-refractivity contribution is 6.18. The van der Waals surface area contributed by atoms with Gasteiger partial charge in [0.2, 0.25) is 0 Å². The van der Waals surface area contributed by atoms with E-state index in [-0.39, 0.29) is 5.60 Å². The lowest BCUT2D eigenvalue weighted by molar-refractivity contribution is -0.0234. The summed E-state index contributed by atoms with van der Waals surface area (Å²) in [5.41, 5.74) is 1.32. The molecule has 112 valence electrons. The second-order valence-electron chi connectivity index (χ2n) is 6.35. The highest BCUT2D eigenvalue weighted by Gasteiger charge is 2.32. The van der Waals surface area contributed by atoms with E-state index in [1.54, 1.807) is 7.11 Å². The third kappa shape index (κ3) is 4.39. The highest BCUT2D eigenvalue weighted by atomic mass is 35.5. The number of benzene rings is 1. The smallest absolute Gasteiger partial charge is 0.119 e. The fraction of sp³-hybridized carbons (Fsp3) is 0.647. The molecule has 0 spiro atoms. The Labute approximate surface area is 127 Å². The lowest BCUT2D eigenvalue weighted by atomic mass is 9.94. The third-order valence-electron chi connectivity index (χ3n) is 4.03. The average Bonchev–Trinajstić information content (AvgIpc) is 2.77. The lowest BCUT2D eigenvalue weighted by Crippen LogP contribution is -2.22. The number of hydrogen-bond acceptors (Lipinski definition) is 2. The van der Waals surface area contributed by atoms with Gasteiger partial charge in [-0.05, 0) is 63.1 Å². The van der Waals surface area contributed by atoms with Crippen LogP contribution in [0.4, 0.5) is 0 Å². The van der Waals surface area contributed by atoms with Crippen molar-refractivity contribution in [3.63, 3.8) is 0 Å².